The minimum atomic E-state index is 0.469. The van der Waals surface area contributed by atoms with Gasteiger partial charge in [0.2, 0.25) is 5.95 Å². The molecule has 28 heavy (non-hydrogen) atoms. The molecule has 2 aliphatic heterocycles. The average Bonchev–Trinajstić information content (AvgIpc) is 3.50. The van der Waals surface area contributed by atoms with Crippen LogP contribution in [-0.2, 0) is 6.54 Å². The van der Waals surface area contributed by atoms with Gasteiger partial charge in [-0.3, -0.25) is 10.00 Å². The van der Waals surface area contributed by atoms with Crippen molar-refractivity contribution in [2.45, 2.75) is 38.1 Å². The first-order valence-corrected chi connectivity index (χ1v) is 11.1. The molecule has 2 saturated heterocycles. The van der Waals surface area contributed by atoms with Crippen molar-refractivity contribution in [1.29, 1.82) is 0 Å². The van der Waals surface area contributed by atoms with Crippen molar-refractivity contribution < 1.29 is 0 Å². The molecule has 0 aromatic carbocycles. The molecule has 3 aromatic heterocycles. The quantitative estimate of drug-likeness (QED) is 0.711. The average molecular weight is 395 g/mol. The van der Waals surface area contributed by atoms with Crippen LogP contribution in [0.3, 0.4) is 0 Å². The molecule has 5 heterocycles. The summed E-state index contributed by atoms with van der Waals surface area (Å²) in [6.07, 6.45) is 8.69. The van der Waals surface area contributed by atoms with Gasteiger partial charge in [-0.15, -0.1) is 11.3 Å². The Hall–Kier alpha value is -2.25. The summed E-state index contributed by atoms with van der Waals surface area (Å²) in [6.45, 7) is 5.40. The maximum atomic E-state index is 4.88. The number of hydrogen-bond donors (Lipinski definition) is 1. The molecule has 0 radical (unpaired) electrons. The van der Waals surface area contributed by atoms with Crippen LogP contribution >= 0.6 is 11.3 Å². The Bertz CT molecular complexity index is 899. The predicted molar refractivity (Wildman–Crippen MR) is 113 cm³/mol. The van der Waals surface area contributed by atoms with Gasteiger partial charge >= 0.3 is 0 Å². The van der Waals surface area contributed by atoms with E-state index in [-0.39, 0.29) is 0 Å². The Morgan fingerprint density at radius 3 is 2.93 bits per heavy atom. The molecule has 2 fully saturated rings. The van der Waals surface area contributed by atoms with Gasteiger partial charge in [-0.25, -0.2) is 9.97 Å². The van der Waals surface area contributed by atoms with Gasteiger partial charge in [0.1, 0.15) is 0 Å². The van der Waals surface area contributed by atoms with Gasteiger partial charge in [0, 0.05) is 54.4 Å². The van der Waals surface area contributed by atoms with E-state index >= 15 is 0 Å². The van der Waals surface area contributed by atoms with E-state index in [0.717, 1.165) is 43.4 Å². The van der Waals surface area contributed by atoms with Crippen LogP contribution in [0.4, 0.5) is 5.95 Å². The summed E-state index contributed by atoms with van der Waals surface area (Å²) in [4.78, 5) is 15.7. The SMILES string of the molecule is c1csc(CN2CCC[C@@H](c3[nH]ncc3-c3ccnc(N4CCCC4)n3)C2)c1. The van der Waals surface area contributed by atoms with Gasteiger partial charge in [-0.05, 0) is 49.7 Å². The highest BCUT2D eigenvalue weighted by Crippen LogP contribution is 2.33. The van der Waals surface area contributed by atoms with E-state index in [1.807, 2.05) is 29.8 Å². The zero-order chi connectivity index (χ0) is 18.8. The summed E-state index contributed by atoms with van der Waals surface area (Å²) in [5.41, 5.74) is 3.34. The third-order valence-electron chi connectivity index (χ3n) is 5.85. The van der Waals surface area contributed by atoms with E-state index in [1.165, 1.54) is 42.8 Å². The van der Waals surface area contributed by atoms with Crippen molar-refractivity contribution in [3.63, 3.8) is 0 Å². The molecule has 6 nitrogen and oxygen atoms in total. The molecular formula is C21H26N6S. The molecular weight excluding hydrogens is 368 g/mol. The largest absolute Gasteiger partial charge is 0.341 e. The lowest BCUT2D eigenvalue weighted by Gasteiger charge is -2.32. The van der Waals surface area contributed by atoms with Gasteiger partial charge in [0.05, 0.1) is 11.9 Å². The van der Waals surface area contributed by atoms with E-state index < -0.39 is 0 Å². The van der Waals surface area contributed by atoms with Crippen molar-refractivity contribution in [3.05, 3.63) is 46.5 Å². The second-order valence-corrected chi connectivity index (χ2v) is 8.82. The molecule has 2 aliphatic rings. The Balaban J connectivity index is 1.36. The second kappa shape index (κ2) is 8.01. The molecule has 5 rings (SSSR count). The summed E-state index contributed by atoms with van der Waals surface area (Å²) in [6, 6.07) is 6.39. The van der Waals surface area contributed by atoms with Crippen LogP contribution in [0.2, 0.25) is 0 Å². The maximum absolute atomic E-state index is 4.88. The van der Waals surface area contributed by atoms with Gasteiger partial charge in [0.25, 0.3) is 0 Å². The van der Waals surface area contributed by atoms with E-state index in [1.54, 1.807) is 0 Å². The molecule has 0 aliphatic carbocycles. The molecule has 3 aromatic rings. The minimum absolute atomic E-state index is 0.469. The first-order valence-electron chi connectivity index (χ1n) is 10.2. The molecule has 0 spiro atoms. The molecule has 0 amide bonds. The highest BCUT2D eigenvalue weighted by atomic mass is 32.1. The third kappa shape index (κ3) is 3.69. The van der Waals surface area contributed by atoms with E-state index in [2.05, 4.69) is 42.5 Å². The van der Waals surface area contributed by atoms with E-state index in [4.69, 9.17) is 4.98 Å². The lowest BCUT2D eigenvalue weighted by molar-refractivity contribution is 0.200. The highest BCUT2D eigenvalue weighted by Gasteiger charge is 2.26. The standard InChI is InChI=1S/C21H26N6S/c1-2-11-27(10-1)21-22-8-7-19(24-21)18-13-23-25-20(18)16-5-3-9-26(14-16)15-17-6-4-12-28-17/h4,6-8,12-13,16H,1-3,5,9-11,14-15H2,(H,23,25)/t16-/m1/s1. The van der Waals surface area contributed by atoms with Crippen LogP contribution in [-0.4, -0.2) is 51.2 Å². The normalized spacial score (nSPS) is 20.7. The first kappa shape index (κ1) is 17.8. The van der Waals surface area contributed by atoms with E-state index in [0.29, 0.717) is 5.92 Å². The zero-order valence-electron chi connectivity index (χ0n) is 16.0. The lowest BCUT2D eigenvalue weighted by atomic mass is 9.91. The van der Waals surface area contributed by atoms with Crippen molar-refractivity contribution in [3.8, 4) is 11.3 Å². The predicted octanol–water partition coefficient (Wildman–Crippen LogP) is 3.91. The first-order chi connectivity index (χ1) is 13.9. The maximum Gasteiger partial charge on any atom is 0.225 e. The number of aromatic amines is 1. The number of nitrogens with zero attached hydrogens (tertiary/aromatic N) is 5. The fourth-order valence-electron chi connectivity index (χ4n) is 4.44. The number of nitrogens with one attached hydrogen (secondary N) is 1. The van der Waals surface area contributed by atoms with Gasteiger partial charge < -0.3 is 4.90 Å². The molecule has 1 atom stereocenters. The van der Waals surface area contributed by atoms with Crippen molar-refractivity contribution in [2.75, 3.05) is 31.1 Å². The van der Waals surface area contributed by atoms with E-state index in [9.17, 15) is 0 Å². The van der Waals surface area contributed by atoms with Gasteiger partial charge in [0.15, 0.2) is 0 Å². The number of aromatic nitrogens is 4. The zero-order valence-corrected chi connectivity index (χ0v) is 16.9. The topological polar surface area (TPSA) is 60.9 Å². The molecule has 146 valence electrons. The van der Waals surface area contributed by atoms with Crippen LogP contribution in [0.5, 0.6) is 0 Å². The van der Waals surface area contributed by atoms with Crippen LogP contribution in [0.25, 0.3) is 11.3 Å². The van der Waals surface area contributed by atoms with Crippen molar-refractivity contribution in [2.24, 2.45) is 0 Å². The Kier molecular flexibility index (Phi) is 5.10. The fraction of sp³-hybridized carbons (Fsp3) is 0.476. The lowest BCUT2D eigenvalue weighted by Crippen LogP contribution is -2.34. The summed E-state index contributed by atoms with van der Waals surface area (Å²) < 4.78 is 0. The Morgan fingerprint density at radius 2 is 2.07 bits per heavy atom. The molecule has 1 N–H and O–H groups in total. The number of piperidine rings is 1. The van der Waals surface area contributed by atoms with Crippen LogP contribution in [0.1, 0.15) is 42.2 Å². The summed E-state index contributed by atoms with van der Waals surface area (Å²) >= 11 is 1.85. The summed E-state index contributed by atoms with van der Waals surface area (Å²) in [5, 5.41) is 9.84. The number of anilines is 1. The summed E-state index contributed by atoms with van der Waals surface area (Å²) in [7, 11) is 0. The smallest absolute Gasteiger partial charge is 0.225 e. The van der Waals surface area contributed by atoms with Crippen molar-refractivity contribution >= 4 is 17.3 Å². The fourth-order valence-corrected chi connectivity index (χ4v) is 5.18. The van der Waals surface area contributed by atoms with Crippen LogP contribution in [0.15, 0.2) is 36.0 Å². The van der Waals surface area contributed by atoms with Gasteiger partial charge in [-0.1, -0.05) is 6.07 Å². The Labute approximate surface area is 169 Å². The molecule has 7 heteroatoms. The monoisotopic (exact) mass is 394 g/mol. The molecule has 0 unspecified atom stereocenters. The minimum Gasteiger partial charge on any atom is -0.341 e. The van der Waals surface area contributed by atoms with Crippen LogP contribution < -0.4 is 4.90 Å². The van der Waals surface area contributed by atoms with Gasteiger partial charge in [-0.2, -0.15) is 5.10 Å². The highest BCUT2D eigenvalue weighted by molar-refractivity contribution is 7.09. The second-order valence-electron chi connectivity index (χ2n) is 7.79. The summed E-state index contributed by atoms with van der Waals surface area (Å²) in [5.74, 6) is 1.32. The number of H-pyrrole nitrogens is 1. The molecule has 0 bridgehead atoms. The number of thiophene rings is 1. The number of hydrogen-bond acceptors (Lipinski definition) is 6. The van der Waals surface area contributed by atoms with Crippen LogP contribution in [0, 0.1) is 0 Å². The van der Waals surface area contributed by atoms with Crippen molar-refractivity contribution in [1.82, 2.24) is 25.1 Å². The molecule has 0 saturated carbocycles. The third-order valence-corrected chi connectivity index (χ3v) is 6.71. The number of likely N-dealkylation sites (tertiary alicyclic amines) is 1. The Morgan fingerprint density at radius 1 is 1.14 bits per heavy atom. The number of rotatable bonds is 5.